The summed E-state index contributed by atoms with van der Waals surface area (Å²) in [4.78, 5) is 29.8. The largest absolute Gasteiger partial charge is 0.384 e. The van der Waals surface area contributed by atoms with Gasteiger partial charge in [-0.05, 0) is 31.2 Å². The molecule has 7 N–H and O–H groups in total. The summed E-state index contributed by atoms with van der Waals surface area (Å²) in [6, 6.07) is 4.59. The summed E-state index contributed by atoms with van der Waals surface area (Å²) in [5.41, 5.74) is 17.0. The number of benzene rings is 1. The first-order valence-electron chi connectivity index (χ1n) is 9.14. The summed E-state index contributed by atoms with van der Waals surface area (Å²) in [5.74, 6) is -0.150. The Kier molecular flexibility index (Phi) is 5.45. The molecule has 4 rings (SSSR count). The molecule has 0 saturated heterocycles. The Labute approximate surface area is 190 Å². The SMILES string of the molecule is CC(Nc1nc(N)nc(N)c1Cl)c1nc2c(Cl)cc(F)cc2c(=O)n1-c1ccc(N)nc1. The first-order chi connectivity index (χ1) is 15.2. The van der Waals surface area contributed by atoms with Crippen LogP contribution in [0.1, 0.15) is 18.8 Å². The van der Waals surface area contributed by atoms with E-state index in [1.165, 1.54) is 16.8 Å². The van der Waals surface area contributed by atoms with Gasteiger partial charge in [0.2, 0.25) is 5.95 Å². The summed E-state index contributed by atoms with van der Waals surface area (Å²) in [6.07, 6.45) is 1.40. The Balaban J connectivity index is 1.95. The van der Waals surface area contributed by atoms with Crippen LogP contribution in [0, 0.1) is 5.82 Å². The van der Waals surface area contributed by atoms with Crippen LogP contribution < -0.4 is 28.1 Å². The molecule has 4 aromatic rings. The number of aromatic nitrogens is 5. The van der Waals surface area contributed by atoms with E-state index in [0.29, 0.717) is 5.69 Å². The van der Waals surface area contributed by atoms with Gasteiger partial charge in [0, 0.05) is 0 Å². The van der Waals surface area contributed by atoms with E-state index in [-0.39, 0.29) is 50.2 Å². The van der Waals surface area contributed by atoms with E-state index < -0.39 is 17.4 Å². The number of halogens is 3. The van der Waals surface area contributed by atoms with Gasteiger partial charge in [0.05, 0.1) is 33.9 Å². The molecule has 0 fully saturated rings. The smallest absolute Gasteiger partial charge is 0.266 e. The van der Waals surface area contributed by atoms with Crippen molar-refractivity contribution >= 4 is 57.5 Å². The first-order valence-corrected chi connectivity index (χ1v) is 9.90. The van der Waals surface area contributed by atoms with Crippen molar-refractivity contribution in [1.29, 1.82) is 0 Å². The van der Waals surface area contributed by atoms with E-state index >= 15 is 0 Å². The van der Waals surface area contributed by atoms with Crippen LogP contribution in [-0.4, -0.2) is 24.5 Å². The number of hydrogen-bond acceptors (Lipinski definition) is 9. The fourth-order valence-corrected chi connectivity index (χ4v) is 3.54. The molecular formula is C19H16Cl2FN9O. The van der Waals surface area contributed by atoms with E-state index in [4.69, 9.17) is 40.4 Å². The van der Waals surface area contributed by atoms with Crippen LogP contribution >= 0.6 is 23.2 Å². The standard InChI is InChI=1S/C19H16Cl2FN9O/c1-7(27-16-13(21)15(24)29-19(25)30-16)17-28-14-10(4-8(22)5-11(14)20)18(32)31(17)9-2-3-12(23)26-6-9/h2-7H,1H3,(H2,23,26)(H5,24,25,27,29,30). The van der Waals surface area contributed by atoms with Crippen LogP contribution in [0.2, 0.25) is 10.0 Å². The molecule has 13 heteroatoms. The van der Waals surface area contributed by atoms with Gasteiger partial charge < -0.3 is 22.5 Å². The fraction of sp³-hybridized carbons (Fsp3) is 0.105. The highest BCUT2D eigenvalue weighted by atomic mass is 35.5. The molecule has 0 bridgehead atoms. The minimum atomic E-state index is -0.669. The second-order valence-electron chi connectivity index (χ2n) is 6.83. The van der Waals surface area contributed by atoms with Gasteiger partial charge in [-0.15, -0.1) is 0 Å². The van der Waals surface area contributed by atoms with E-state index in [0.717, 1.165) is 12.1 Å². The van der Waals surface area contributed by atoms with Crippen LogP contribution in [0.3, 0.4) is 0 Å². The van der Waals surface area contributed by atoms with Crippen molar-refractivity contribution in [2.45, 2.75) is 13.0 Å². The average molecular weight is 476 g/mol. The number of anilines is 4. The van der Waals surface area contributed by atoms with Crippen LogP contribution in [0.25, 0.3) is 16.6 Å². The van der Waals surface area contributed by atoms with Gasteiger partial charge in [0.15, 0.2) is 5.82 Å². The summed E-state index contributed by atoms with van der Waals surface area (Å²) >= 11 is 12.4. The van der Waals surface area contributed by atoms with Gasteiger partial charge in [0.25, 0.3) is 5.56 Å². The lowest BCUT2D eigenvalue weighted by atomic mass is 10.2. The molecule has 32 heavy (non-hydrogen) atoms. The minimum Gasteiger partial charge on any atom is -0.384 e. The highest BCUT2D eigenvalue weighted by Crippen LogP contribution is 2.30. The summed E-state index contributed by atoms with van der Waals surface area (Å²) in [5, 5.41) is 3.06. The molecule has 3 heterocycles. The van der Waals surface area contributed by atoms with E-state index in [1.54, 1.807) is 13.0 Å². The zero-order chi connectivity index (χ0) is 23.2. The lowest BCUT2D eigenvalue weighted by Crippen LogP contribution is -2.28. The Morgan fingerprint density at radius 2 is 1.88 bits per heavy atom. The van der Waals surface area contributed by atoms with Crippen LogP contribution in [0.4, 0.5) is 27.8 Å². The maximum Gasteiger partial charge on any atom is 0.266 e. The predicted molar refractivity (Wildman–Crippen MR) is 122 cm³/mol. The highest BCUT2D eigenvalue weighted by molar-refractivity contribution is 6.35. The lowest BCUT2D eigenvalue weighted by Gasteiger charge is -2.21. The predicted octanol–water partition coefficient (Wildman–Crippen LogP) is 2.94. The van der Waals surface area contributed by atoms with E-state index in [2.05, 4.69) is 25.3 Å². The normalized spacial score (nSPS) is 12.1. The van der Waals surface area contributed by atoms with Crippen LogP contribution in [-0.2, 0) is 0 Å². The number of pyridine rings is 1. The third-order valence-electron chi connectivity index (χ3n) is 4.58. The molecule has 0 spiro atoms. The van der Waals surface area contributed by atoms with Crippen molar-refractivity contribution in [1.82, 2.24) is 24.5 Å². The third-order valence-corrected chi connectivity index (χ3v) is 5.24. The molecule has 0 saturated carbocycles. The average Bonchev–Trinajstić information content (AvgIpc) is 2.73. The summed E-state index contributed by atoms with van der Waals surface area (Å²) in [7, 11) is 0. The molecule has 0 radical (unpaired) electrons. The Morgan fingerprint density at radius 1 is 1.12 bits per heavy atom. The van der Waals surface area contributed by atoms with Gasteiger partial charge in [-0.2, -0.15) is 9.97 Å². The number of nitrogens with two attached hydrogens (primary N) is 3. The molecule has 1 aromatic carbocycles. The van der Waals surface area contributed by atoms with Crippen molar-refractivity contribution < 1.29 is 4.39 Å². The monoisotopic (exact) mass is 475 g/mol. The third kappa shape index (κ3) is 3.83. The van der Waals surface area contributed by atoms with Gasteiger partial charge >= 0.3 is 0 Å². The zero-order valence-corrected chi connectivity index (χ0v) is 18.0. The fourth-order valence-electron chi connectivity index (χ4n) is 3.15. The van der Waals surface area contributed by atoms with E-state index in [9.17, 15) is 9.18 Å². The van der Waals surface area contributed by atoms with Crippen molar-refractivity contribution in [2.24, 2.45) is 0 Å². The second kappa shape index (κ2) is 8.09. The zero-order valence-electron chi connectivity index (χ0n) is 16.5. The quantitative estimate of drug-likeness (QED) is 0.347. The molecule has 0 aliphatic carbocycles. The number of hydrogen-bond donors (Lipinski definition) is 4. The Hall–Kier alpha value is -3.70. The first kappa shape index (κ1) is 21.5. The molecule has 3 aromatic heterocycles. The van der Waals surface area contributed by atoms with Crippen LogP contribution in [0.15, 0.2) is 35.3 Å². The van der Waals surface area contributed by atoms with Gasteiger partial charge in [-0.3, -0.25) is 9.36 Å². The molecule has 0 aliphatic rings. The van der Waals surface area contributed by atoms with Crippen molar-refractivity contribution in [3.8, 4) is 5.69 Å². The number of fused-ring (bicyclic) bond motifs is 1. The highest BCUT2D eigenvalue weighted by Gasteiger charge is 2.22. The maximum absolute atomic E-state index is 14.0. The molecule has 1 unspecified atom stereocenters. The molecular weight excluding hydrogens is 460 g/mol. The Bertz CT molecular complexity index is 1410. The van der Waals surface area contributed by atoms with Gasteiger partial charge in [-0.1, -0.05) is 23.2 Å². The number of nitrogen functional groups attached to an aromatic ring is 3. The van der Waals surface area contributed by atoms with E-state index in [1.807, 2.05) is 0 Å². The van der Waals surface area contributed by atoms with Crippen molar-refractivity contribution in [3.63, 3.8) is 0 Å². The molecule has 0 amide bonds. The Morgan fingerprint density at radius 3 is 2.56 bits per heavy atom. The summed E-state index contributed by atoms with van der Waals surface area (Å²) < 4.78 is 15.2. The van der Waals surface area contributed by atoms with Crippen LogP contribution in [0.5, 0.6) is 0 Å². The lowest BCUT2D eigenvalue weighted by molar-refractivity contribution is 0.629. The summed E-state index contributed by atoms with van der Waals surface area (Å²) in [6.45, 7) is 1.71. The van der Waals surface area contributed by atoms with Gasteiger partial charge in [0.1, 0.15) is 28.3 Å². The molecule has 164 valence electrons. The molecule has 0 aliphatic heterocycles. The van der Waals surface area contributed by atoms with Crippen molar-refractivity contribution in [3.05, 3.63) is 62.5 Å². The topological polar surface area (TPSA) is 164 Å². The number of nitrogens with one attached hydrogen (secondary N) is 1. The number of nitrogens with zero attached hydrogens (tertiary/aromatic N) is 5. The number of rotatable bonds is 4. The minimum absolute atomic E-state index is 0.00340. The van der Waals surface area contributed by atoms with Crippen molar-refractivity contribution in [2.75, 3.05) is 22.5 Å². The molecule has 10 nitrogen and oxygen atoms in total. The van der Waals surface area contributed by atoms with Gasteiger partial charge in [-0.25, -0.2) is 14.4 Å². The molecule has 1 atom stereocenters. The maximum atomic E-state index is 14.0. The second-order valence-corrected chi connectivity index (χ2v) is 7.62.